The molecule has 23 heavy (non-hydrogen) atoms. The smallest absolute Gasteiger partial charge is 0.246 e. The minimum atomic E-state index is -1.85. The second-order valence-corrected chi connectivity index (χ2v) is 8.99. The minimum Gasteiger partial charge on any atom is -0.449 e. The maximum atomic E-state index is 12.2. The van der Waals surface area contributed by atoms with Gasteiger partial charge >= 0.3 is 0 Å². The van der Waals surface area contributed by atoms with E-state index in [1.165, 1.54) is 0 Å². The van der Waals surface area contributed by atoms with Gasteiger partial charge in [0.1, 0.15) is 5.82 Å². The third kappa shape index (κ3) is 6.32. The number of carbonyl (C=O) groups is 1. The standard InChI is InChI=1S/C15H22Cl3N3O2/c1-8(2)11-19-9(3)7-10(20-11)23-13(15(16,17)18)21-12(22)14(4,5)6/h7-8,13H,1-6H3,(H,21,22)/t13-/m0/s1. The fourth-order valence-corrected chi connectivity index (χ4v) is 1.81. The average Bonchev–Trinajstić information content (AvgIpc) is 2.34. The van der Waals surface area contributed by atoms with Crippen molar-refractivity contribution in [3.05, 3.63) is 17.6 Å². The van der Waals surface area contributed by atoms with Gasteiger partial charge in [-0.25, -0.2) is 4.98 Å². The van der Waals surface area contributed by atoms with E-state index in [1.807, 2.05) is 20.8 Å². The van der Waals surface area contributed by atoms with E-state index in [0.717, 1.165) is 5.69 Å². The van der Waals surface area contributed by atoms with Crippen LogP contribution in [0, 0.1) is 12.3 Å². The molecule has 0 fully saturated rings. The summed E-state index contributed by atoms with van der Waals surface area (Å²) in [5.41, 5.74) is 0.0753. The van der Waals surface area contributed by atoms with Gasteiger partial charge < -0.3 is 10.1 Å². The van der Waals surface area contributed by atoms with Gasteiger partial charge in [0, 0.05) is 23.1 Å². The van der Waals surface area contributed by atoms with Crippen LogP contribution in [0.5, 0.6) is 5.88 Å². The molecule has 0 aliphatic rings. The van der Waals surface area contributed by atoms with Gasteiger partial charge in [-0.3, -0.25) is 4.79 Å². The lowest BCUT2D eigenvalue weighted by Gasteiger charge is -2.29. The van der Waals surface area contributed by atoms with Crippen LogP contribution in [0.25, 0.3) is 0 Å². The molecular formula is C15H22Cl3N3O2. The Morgan fingerprint density at radius 1 is 1.22 bits per heavy atom. The zero-order valence-corrected chi connectivity index (χ0v) is 16.3. The first-order chi connectivity index (χ1) is 10.3. The van der Waals surface area contributed by atoms with Crippen molar-refractivity contribution >= 4 is 40.7 Å². The van der Waals surface area contributed by atoms with E-state index in [2.05, 4.69) is 15.3 Å². The molecule has 1 aromatic heterocycles. The third-order valence-electron chi connectivity index (χ3n) is 2.84. The van der Waals surface area contributed by atoms with E-state index in [0.29, 0.717) is 5.82 Å². The molecule has 1 amide bonds. The number of ether oxygens (including phenoxy) is 1. The van der Waals surface area contributed by atoms with Crippen LogP contribution in [-0.4, -0.2) is 25.9 Å². The van der Waals surface area contributed by atoms with E-state index in [-0.39, 0.29) is 17.7 Å². The molecule has 5 nitrogen and oxygen atoms in total. The first-order valence-electron chi connectivity index (χ1n) is 7.20. The first-order valence-corrected chi connectivity index (χ1v) is 8.34. The Kier molecular flexibility index (Phi) is 6.53. The Balaban J connectivity index is 3.06. The predicted molar refractivity (Wildman–Crippen MR) is 93.2 cm³/mol. The van der Waals surface area contributed by atoms with Gasteiger partial charge in [-0.15, -0.1) is 0 Å². The van der Waals surface area contributed by atoms with Crippen molar-refractivity contribution in [2.75, 3.05) is 0 Å². The van der Waals surface area contributed by atoms with Crippen LogP contribution in [0.1, 0.15) is 52.1 Å². The monoisotopic (exact) mass is 381 g/mol. The highest BCUT2D eigenvalue weighted by Gasteiger charge is 2.38. The molecule has 1 rings (SSSR count). The lowest BCUT2D eigenvalue weighted by atomic mass is 9.96. The van der Waals surface area contributed by atoms with Crippen LogP contribution >= 0.6 is 34.8 Å². The molecule has 1 atom stereocenters. The number of rotatable bonds is 4. The molecule has 8 heteroatoms. The van der Waals surface area contributed by atoms with Gasteiger partial charge in [-0.05, 0) is 6.92 Å². The summed E-state index contributed by atoms with van der Waals surface area (Å²) >= 11 is 17.8. The van der Waals surface area contributed by atoms with E-state index >= 15 is 0 Å². The Morgan fingerprint density at radius 2 is 1.78 bits per heavy atom. The molecule has 0 radical (unpaired) electrons. The topological polar surface area (TPSA) is 64.1 Å². The molecule has 1 heterocycles. The summed E-state index contributed by atoms with van der Waals surface area (Å²) in [6, 6.07) is 1.62. The number of alkyl halides is 3. The second kappa shape index (κ2) is 7.41. The Labute approximate surface area is 152 Å². The molecule has 0 aliphatic heterocycles. The fourth-order valence-electron chi connectivity index (χ4n) is 1.51. The van der Waals surface area contributed by atoms with Crippen LogP contribution in [0.4, 0.5) is 0 Å². The number of hydrogen-bond donors (Lipinski definition) is 1. The van der Waals surface area contributed by atoms with Crippen molar-refractivity contribution in [1.29, 1.82) is 0 Å². The molecule has 0 saturated carbocycles. The van der Waals surface area contributed by atoms with E-state index < -0.39 is 15.4 Å². The number of nitrogens with one attached hydrogen (secondary N) is 1. The van der Waals surface area contributed by atoms with Gasteiger partial charge in [0.25, 0.3) is 0 Å². The highest BCUT2D eigenvalue weighted by molar-refractivity contribution is 6.68. The zero-order valence-electron chi connectivity index (χ0n) is 14.1. The summed E-state index contributed by atoms with van der Waals surface area (Å²) in [6.07, 6.45) is -1.17. The van der Waals surface area contributed by atoms with Gasteiger partial charge in [-0.2, -0.15) is 4.98 Å². The zero-order chi connectivity index (χ0) is 18.0. The van der Waals surface area contributed by atoms with Crippen molar-refractivity contribution in [3.63, 3.8) is 0 Å². The summed E-state index contributed by atoms with van der Waals surface area (Å²) < 4.78 is 3.79. The Hall–Kier alpha value is -0.780. The van der Waals surface area contributed by atoms with E-state index in [4.69, 9.17) is 39.5 Å². The number of hydrogen-bond acceptors (Lipinski definition) is 4. The van der Waals surface area contributed by atoms with Crippen LogP contribution in [0.3, 0.4) is 0 Å². The number of nitrogens with zero attached hydrogens (tertiary/aromatic N) is 2. The molecule has 1 aromatic rings. The Morgan fingerprint density at radius 3 is 2.22 bits per heavy atom. The largest absolute Gasteiger partial charge is 0.449 e. The molecule has 0 aliphatic carbocycles. The number of halogens is 3. The SMILES string of the molecule is Cc1cc(O[C@H](NC(=O)C(C)(C)C)C(Cl)(Cl)Cl)nc(C(C)C)n1. The van der Waals surface area contributed by atoms with Crippen LogP contribution in [0.15, 0.2) is 6.07 Å². The van der Waals surface area contributed by atoms with Crippen molar-refractivity contribution in [2.45, 2.75) is 57.5 Å². The van der Waals surface area contributed by atoms with Gasteiger partial charge in [0.2, 0.25) is 21.8 Å². The van der Waals surface area contributed by atoms with Crippen LogP contribution < -0.4 is 10.1 Å². The molecular weight excluding hydrogens is 361 g/mol. The summed E-state index contributed by atoms with van der Waals surface area (Å²) in [7, 11) is 0. The predicted octanol–water partition coefficient (Wildman–Crippen LogP) is 4.15. The molecule has 1 N–H and O–H groups in total. The normalized spacial score (nSPS) is 13.8. The van der Waals surface area contributed by atoms with Crippen molar-refractivity contribution in [3.8, 4) is 5.88 Å². The molecule has 0 bridgehead atoms. The van der Waals surface area contributed by atoms with E-state index in [9.17, 15) is 4.79 Å². The van der Waals surface area contributed by atoms with Gasteiger partial charge in [0.15, 0.2) is 0 Å². The lowest BCUT2D eigenvalue weighted by Crippen LogP contribution is -2.51. The summed E-state index contributed by atoms with van der Waals surface area (Å²) in [5.74, 6) is 0.674. The second-order valence-electron chi connectivity index (χ2n) is 6.62. The maximum absolute atomic E-state index is 12.2. The summed E-state index contributed by atoms with van der Waals surface area (Å²) in [5, 5.41) is 2.60. The number of carbonyl (C=O) groups excluding carboxylic acids is 1. The molecule has 0 saturated heterocycles. The quantitative estimate of drug-likeness (QED) is 0.627. The maximum Gasteiger partial charge on any atom is 0.246 e. The van der Waals surface area contributed by atoms with E-state index in [1.54, 1.807) is 26.8 Å². The van der Waals surface area contributed by atoms with Crippen LogP contribution in [0.2, 0.25) is 0 Å². The number of aromatic nitrogens is 2. The first kappa shape index (κ1) is 20.3. The third-order valence-corrected chi connectivity index (χ3v) is 3.44. The minimum absolute atomic E-state index is 0.118. The molecule has 130 valence electrons. The highest BCUT2D eigenvalue weighted by Crippen LogP contribution is 2.32. The Bertz CT molecular complexity index is 566. The van der Waals surface area contributed by atoms with Crippen molar-refractivity contribution in [1.82, 2.24) is 15.3 Å². The molecule has 0 spiro atoms. The molecule has 0 aromatic carbocycles. The van der Waals surface area contributed by atoms with Gasteiger partial charge in [-0.1, -0.05) is 69.4 Å². The molecule has 0 unspecified atom stereocenters. The summed E-state index contributed by atoms with van der Waals surface area (Å²) in [4.78, 5) is 20.8. The number of amides is 1. The van der Waals surface area contributed by atoms with Crippen molar-refractivity contribution < 1.29 is 9.53 Å². The average molecular weight is 383 g/mol. The highest BCUT2D eigenvalue weighted by atomic mass is 35.6. The lowest BCUT2D eigenvalue weighted by molar-refractivity contribution is -0.131. The number of aryl methyl sites for hydroxylation is 1. The fraction of sp³-hybridized carbons (Fsp3) is 0.667. The van der Waals surface area contributed by atoms with Gasteiger partial charge in [0.05, 0.1) is 0 Å². The van der Waals surface area contributed by atoms with Crippen LogP contribution in [-0.2, 0) is 4.79 Å². The van der Waals surface area contributed by atoms with Crippen molar-refractivity contribution in [2.24, 2.45) is 5.41 Å². The summed E-state index contributed by atoms with van der Waals surface area (Å²) in [6.45, 7) is 11.0.